The topological polar surface area (TPSA) is 106 Å². The van der Waals surface area contributed by atoms with Crippen LogP contribution in [0.2, 0.25) is 0 Å². The first-order valence-electron chi connectivity index (χ1n) is 15.0. The summed E-state index contributed by atoms with van der Waals surface area (Å²) in [6.07, 6.45) is 0.663. The molecular formula is C35H35FN4O5. The number of carbonyl (C=O) groups excluding carboxylic acids is 2. The fourth-order valence-electron chi connectivity index (χ4n) is 5.51. The number of anilines is 2. The number of morpholine rings is 1. The van der Waals surface area contributed by atoms with Crippen molar-refractivity contribution in [3.8, 4) is 22.6 Å². The SMILES string of the molecule is NCCCN(Cc1cccc(-c2ccc(N3CCOCC3)c(NC(=O)c3ccc(F)cc3)c2)c1)C(=O)c1ccc2c(c1)OCO2. The highest BCUT2D eigenvalue weighted by atomic mass is 19.1. The highest BCUT2D eigenvalue weighted by Gasteiger charge is 2.22. The van der Waals surface area contributed by atoms with E-state index in [-0.39, 0.29) is 18.6 Å². The Balaban J connectivity index is 1.27. The number of nitrogens with zero attached hydrogens (tertiary/aromatic N) is 2. The third kappa shape index (κ3) is 7.08. The first-order valence-corrected chi connectivity index (χ1v) is 15.0. The van der Waals surface area contributed by atoms with Gasteiger partial charge in [-0.05, 0) is 90.3 Å². The molecule has 4 aromatic carbocycles. The second-order valence-electron chi connectivity index (χ2n) is 10.9. The van der Waals surface area contributed by atoms with Crippen LogP contribution in [-0.4, -0.2) is 62.9 Å². The van der Waals surface area contributed by atoms with Gasteiger partial charge in [0.2, 0.25) is 6.79 Å². The van der Waals surface area contributed by atoms with E-state index in [9.17, 15) is 14.0 Å². The number of nitrogens with one attached hydrogen (secondary N) is 1. The van der Waals surface area contributed by atoms with Crippen molar-refractivity contribution in [1.82, 2.24) is 4.90 Å². The van der Waals surface area contributed by atoms with Crippen LogP contribution in [0, 0.1) is 5.82 Å². The number of benzene rings is 4. The van der Waals surface area contributed by atoms with Gasteiger partial charge in [0, 0.05) is 37.3 Å². The normalized spacial score (nSPS) is 13.9. The van der Waals surface area contributed by atoms with Crippen molar-refractivity contribution in [3.05, 3.63) is 107 Å². The van der Waals surface area contributed by atoms with Gasteiger partial charge in [-0.25, -0.2) is 4.39 Å². The minimum absolute atomic E-state index is 0.118. The molecular weight excluding hydrogens is 575 g/mol. The van der Waals surface area contributed by atoms with E-state index >= 15 is 0 Å². The van der Waals surface area contributed by atoms with Gasteiger partial charge in [0.05, 0.1) is 24.6 Å². The number of carbonyl (C=O) groups is 2. The third-order valence-corrected chi connectivity index (χ3v) is 7.88. The molecule has 2 heterocycles. The van der Waals surface area contributed by atoms with E-state index < -0.39 is 5.82 Å². The quantitative estimate of drug-likeness (QED) is 0.251. The standard InChI is InChI=1S/C35H35FN4O5/c36-29-9-5-25(6-10-29)34(41)38-30-20-27(7-11-31(30)39-15-17-43-18-16-39)26-4-1-3-24(19-26)22-40(14-2-13-37)35(42)28-8-12-32-33(21-28)45-23-44-32/h1,3-12,19-21H,2,13-18,22-23,37H2,(H,38,41). The average Bonchev–Trinajstić information content (AvgIpc) is 3.55. The molecule has 3 N–H and O–H groups in total. The lowest BCUT2D eigenvalue weighted by Gasteiger charge is -2.31. The van der Waals surface area contributed by atoms with Crippen molar-refractivity contribution >= 4 is 23.2 Å². The number of hydrogen-bond acceptors (Lipinski definition) is 7. The Bertz CT molecular complexity index is 1670. The van der Waals surface area contributed by atoms with E-state index in [0.717, 1.165) is 22.4 Å². The zero-order valence-electron chi connectivity index (χ0n) is 24.8. The number of nitrogens with two attached hydrogens (primary N) is 1. The second-order valence-corrected chi connectivity index (χ2v) is 10.9. The lowest BCUT2D eigenvalue weighted by atomic mass is 10.0. The minimum atomic E-state index is -0.401. The summed E-state index contributed by atoms with van der Waals surface area (Å²) < 4.78 is 29.9. The van der Waals surface area contributed by atoms with Gasteiger partial charge in [-0.3, -0.25) is 9.59 Å². The molecule has 2 aliphatic rings. The number of amides is 2. The van der Waals surface area contributed by atoms with Gasteiger partial charge >= 0.3 is 0 Å². The summed E-state index contributed by atoms with van der Waals surface area (Å²) >= 11 is 0. The molecule has 4 aromatic rings. The van der Waals surface area contributed by atoms with Gasteiger partial charge in [0.1, 0.15) is 5.82 Å². The monoisotopic (exact) mass is 610 g/mol. The molecule has 1 fully saturated rings. The van der Waals surface area contributed by atoms with Crippen molar-refractivity contribution in [2.24, 2.45) is 5.73 Å². The molecule has 232 valence electrons. The predicted molar refractivity (Wildman–Crippen MR) is 170 cm³/mol. The summed E-state index contributed by atoms with van der Waals surface area (Å²) in [7, 11) is 0. The molecule has 0 aromatic heterocycles. The van der Waals surface area contributed by atoms with Crippen LogP contribution in [0.1, 0.15) is 32.7 Å². The molecule has 45 heavy (non-hydrogen) atoms. The Morgan fingerprint density at radius 3 is 2.42 bits per heavy atom. The summed E-state index contributed by atoms with van der Waals surface area (Å²) in [5.41, 5.74) is 11.0. The van der Waals surface area contributed by atoms with Gasteiger partial charge in [-0.2, -0.15) is 0 Å². The molecule has 1 saturated heterocycles. The average molecular weight is 611 g/mol. The maximum atomic E-state index is 13.6. The second kappa shape index (κ2) is 13.8. The Morgan fingerprint density at radius 2 is 1.62 bits per heavy atom. The molecule has 6 rings (SSSR count). The molecule has 0 unspecified atom stereocenters. The molecule has 0 spiro atoms. The molecule has 10 heteroatoms. The highest BCUT2D eigenvalue weighted by Crippen LogP contribution is 2.34. The first-order chi connectivity index (χ1) is 22.0. The lowest BCUT2D eigenvalue weighted by Crippen LogP contribution is -2.36. The molecule has 0 atom stereocenters. The molecule has 0 bridgehead atoms. The van der Waals surface area contributed by atoms with Crippen LogP contribution < -0.4 is 25.4 Å². The zero-order valence-corrected chi connectivity index (χ0v) is 24.8. The first kappa shape index (κ1) is 30.1. The van der Waals surface area contributed by atoms with Crippen LogP contribution in [0.25, 0.3) is 11.1 Å². The summed E-state index contributed by atoms with van der Waals surface area (Å²) in [5, 5.41) is 3.05. The number of hydrogen-bond donors (Lipinski definition) is 2. The maximum absolute atomic E-state index is 13.6. The maximum Gasteiger partial charge on any atom is 0.255 e. The van der Waals surface area contributed by atoms with Crippen molar-refractivity contribution in [3.63, 3.8) is 0 Å². The van der Waals surface area contributed by atoms with Crippen LogP contribution >= 0.6 is 0 Å². The van der Waals surface area contributed by atoms with E-state index in [1.165, 1.54) is 24.3 Å². The van der Waals surface area contributed by atoms with Gasteiger partial charge in [0.15, 0.2) is 11.5 Å². The fraction of sp³-hybridized carbons (Fsp3) is 0.257. The predicted octanol–water partition coefficient (Wildman–Crippen LogP) is 5.30. The smallest absolute Gasteiger partial charge is 0.255 e. The van der Waals surface area contributed by atoms with Crippen LogP contribution in [0.3, 0.4) is 0 Å². The van der Waals surface area contributed by atoms with E-state index in [2.05, 4.69) is 16.3 Å². The number of ether oxygens (including phenoxy) is 3. The molecule has 0 aliphatic carbocycles. The highest BCUT2D eigenvalue weighted by molar-refractivity contribution is 6.06. The molecule has 0 radical (unpaired) electrons. The van der Waals surface area contributed by atoms with Crippen molar-refractivity contribution in [2.75, 3.05) is 56.4 Å². The van der Waals surface area contributed by atoms with Crippen molar-refractivity contribution in [2.45, 2.75) is 13.0 Å². The van der Waals surface area contributed by atoms with Crippen LogP contribution in [-0.2, 0) is 11.3 Å². The number of rotatable bonds is 10. The van der Waals surface area contributed by atoms with E-state index in [1.54, 1.807) is 23.1 Å². The summed E-state index contributed by atoms with van der Waals surface area (Å²) in [6.45, 7) is 4.09. The minimum Gasteiger partial charge on any atom is -0.454 e. The summed E-state index contributed by atoms with van der Waals surface area (Å²) in [6, 6.07) is 24.7. The summed E-state index contributed by atoms with van der Waals surface area (Å²) in [5.74, 6) is 0.340. The van der Waals surface area contributed by atoms with Gasteiger partial charge < -0.3 is 35.1 Å². The largest absolute Gasteiger partial charge is 0.454 e. The van der Waals surface area contributed by atoms with Gasteiger partial charge in [0.25, 0.3) is 11.8 Å². The van der Waals surface area contributed by atoms with E-state index in [4.69, 9.17) is 19.9 Å². The number of halogens is 1. The number of fused-ring (bicyclic) bond motifs is 1. The Kier molecular flexibility index (Phi) is 9.23. The van der Waals surface area contributed by atoms with Crippen LogP contribution in [0.4, 0.5) is 15.8 Å². The molecule has 2 aliphatic heterocycles. The lowest BCUT2D eigenvalue weighted by molar-refractivity contribution is 0.0741. The Labute approximate surface area is 261 Å². The Hall–Kier alpha value is -4.93. The summed E-state index contributed by atoms with van der Waals surface area (Å²) in [4.78, 5) is 30.7. The van der Waals surface area contributed by atoms with E-state index in [1.807, 2.05) is 36.4 Å². The zero-order chi connectivity index (χ0) is 31.2. The molecule has 2 amide bonds. The molecule has 0 saturated carbocycles. The third-order valence-electron chi connectivity index (χ3n) is 7.88. The van der Waals surface area contributed by atoms with Crippen molar-refractivity contribution < 1.29 is 28.2 Å². The van der Waals surface area contributed by atoms with E-state index in [0.29, 0.717) is 80.7 Å². The van der Waals surface area contributed by atoms with Crippen LogP contribution in [0.15, 0.2) is 84.9 Å². The van der Waals surface area contributed by atoms with Gasteiger partial charge in [-0.1, -0.05) is 24.3 Å². The fourth-order valence-corrected chi connectivity index (χ4v) is 5.51. The van der Waals surface area contributed by atoms with Crippen LogP contribution in [0.5, 0.6) is 11.5 Å². The molecule has 9 nitrogen and oxygen atoms in total. The Morgan fingerprint density at radius 1 is 0.867 bits per heavy atom. The van der Waals surface area contributed by atoms with Crippen molar-refractivity contribution in [1.29, 1.82) is 0 Å². The van der Waals surface area contributed by atoms with Gasteiger partial charge in [-0.15, -0.1) is 0 Å².